The van der Waals surface area contributed by atoms with E-state index in [1.165, 1.54) is 12.1 Å². The van der Waals surface area contributed by atoms with Gasteiger partial charge in [0.1, 0.15) is 11.6 Å². The van der Waals surface area contributed by atoms with Crippen LogP contribution in [-0.2, 0) is 16.4 Å². The summed E-state index contributed by atoms with van der Waals surface area (Å²) in [5.74, 6) is -0.200. The Morgan fingerprint density at radius 1 is 1.06 bits per heavy atom. The van der Waals surface area contributed by atoms with E-state index >= 15 is 0 Å². The van der Waals surface area contributed by atoms with Crippen LogP contribution in [-0.4, -0.2) is 85.4 Å². The van der Waals surface area contributed by atoms with Crippen molar-refractivity contribution in [3.63, 3.8) is 0 Å². The van der Waals surface area contributed by atoms with Gasteiger partial charge < -0.3 is 25.5 Å². The van der Waals surface area contributed by atoms with Crippen molar-refractivity contribution >= 4 is 27.6 Å². The maximum atomic E-state index is 13.3. The first-order valence-electron chi connectivity index (χ1n) is 12.0. The summed E-state index contributed by atoms with van der Waals surface area (Å²) in [5.41, 5.74) is 1.09. The molecule has 1 aromatic carbocycles. The zero-order valence-corrected chi connectivity index (χ0v) is 22.1. The van der Waals surface area contributed by atoms with E-state index in [2.05, 4.69) is 10.3 Å². The predicted octanol–water partition coefficient (Wildman–Crippen LogP) is 1.16. The van der Waals surface area contributed by atoms with Crippen LogP contribution in [0.15, 0.2) is 42.5 Å². The molecule has 0 radical (unpaired) electrons. The first-order valence-corrected chi connectivity index (χ1v) is 13.9. The Labute approximate surface area is 213 Å². The molecule has 0 spiro atoms. The van der Waals surface area contributed by atoms with Crippen LogP contribution in [0.2, 0.25) is 0 Å². The second-order valence-corrected chi connectivity index (χ2v) is 11.0. The van der Waals surface area contributed by atoms with Crippen LogP contribution in [0.5, 0.6) is 0 Å². The van der Waals surface area contributed by atoms with E-state index < -0.39 is 34.2 Å². The summed E-state index contributed by atoms with van der Waals surface area (Å²) < 4.78 is 26.2. The lowest BCUT2D eigenvalue weighted by Gasteiger charge is -2.29. The fourth-order valence-corrected chi connectivity index (χ4v) is 4.75. The van der Waals surface area contributed by atoms with E-state index in [4.69, 9.17) is 0 Å². The van der Waals surface area contributed by atoms with Crippen LogP contribution >= 0.6 is 0 Å². The van der Waals surface area contributed by atoms with E-state index in [1.54, 1.807) is 18.7 Å². The first-order chi connectivity index (χ1) is 16.9. The molecular formula is C25H38N4O6S. The number of rotatable bonds is 14. The number of pyridine rings is 1. The van der Waals surface area contributed by atoms with Crippen LogP contribution in [0.25, 0.3) is 0 Å². The molecule has 1 aromatic heterocycles. The number of aliphatic hydroxyl groups is 3. The second kappa shape index (κ2) is 13.5. The molecule has 0 saturated heterocycles. The summed E-state index contributed by atoms with van der Waals surface area (Å²) in [5, 5.41) is 32.7. The van der Waals surface area contributed by atoms with Gasteiger partial charge in [0.2, 0.25) is 10.0 Å². The van der Waals surface area contributed by atoms with Gasteiger partial charge in [-0.25, -0.2) is 13.4 Å². The average molecular weight is 523 g/mol. The minimum Gasteiger partial charge on any atom is -0.394 e. The Morgan fingerprint density at radius 2 is 1.64 bits per heavy atom. The van der Waals surface area contributed by atoms with Gasteiger partial charge in [0.15, 0.2) is 0 Å². The lowest BCUT2D eigenvalue weighted by atomic mass is 10.1. The zero-order valence-electron chi connectivity index (χ0n) is 21.3. The molecule has 11 heteroatoms. The number of carbonyl (C=O) groups is 1. The standard InChI is InChI=1S/C25H38N4O6S/c1-5-11-29(36(4,34)35)24-14-21(13-23(27-24)28(15-18(2)31)16-19(3)32)25(33)26-22(17-30)12-20-9-7-6-8-10-20/h6-10,13-14,18-19,22,30-32H,5,11-12,15-17H2,1-4H3,(H,26,33)/t18?,19?,22-/m0/s1. The van der Waals surface area contributed by atoms with Crippen molar-refractivity contribution in [1.29, 1.82) is 0 Å². The van der Waals surface area contributed by atoms with E-state index in [1.807, 2.05) is 37.3 Å². The number of hydrogen-bond donors (Lipinski definition) is 4. The maximum absolute atomic E-state index is 13.3. The van der Waals surface area contributed by atoms with Crippen LogP contribution in [0.1, 0.15) is 43.1 Å². The van der Waals surface area contributed by atoms with Crippen LogP contribution in [0.4, 0.5) is 11.6 Å². The molecule has 0 aliphatic carbocycles. The first kappa shape index (κ1) is 29.5. The highest BCUT2D eigenvalue weighted by Gasteiger charge is 2.24. The number of aliphatic hydroxyl groups excluding tert-OH is 3. The average Bonchev–Trinajstić information content (AvgIpc) is 2.80. The number of aromatic nitrogens is 1. The Kier molecular flexibility index (Phi) is 11.1. The molecule has 1 amide bonds. The predicted molar refractivity (Wildman–Crippen MR) is 141 cm³/mol. The van der Waals surface area contributed by atoms with Gasteiger partial charge in [0, 0.05) is 25.2 Å². The van der Waals surface area contributed by atoms with E-state index in [0.29, 0.717) is 12.8 Å². The summed E-state index contributed by atoms with van der Waals surface area (Å²) in [6, 6.07) is 11.8. The Hall–Kier alpha value is -2.73. The topological polar surface area (TPSA) is 143 Å². The minimum absolute atomic E-state index is 0.0618. The Bertz CT molecular complexity index is 1070. The molecule has 2 rings (SSSR count). The number of carbonyl (C=O) groups excluding carboxylic acids is 1. The lowest BCUT2D eigenvalue weighted by Crippen LogP contribution is -2.40. The van der Waals surface area contributed by atoms with Gasteiger partial charge in [-0.2, -0.15) is 0 Å². The molecule has 4 N–H and O–H groups in total. The molecule has 0 aliphatic rings. The largest absolute Gasteiger partial charge is 0.394 e. The monoisotopic (exact) mass is 522 g/mol. The van der Waals surface area contributed by atoms with Crippen molar-refractivity contribution in [2.45, 2.75) is 51.9 Å². The highest BCUT2D eigenvalue weighted by molar-refractivity contribution is 7.92. The maximum Gasteiger partial charge on any atom is 0.251 e. The molecule has 0 saturated carbocycles. The normalized spacial score (nSPS) is 14.1. The molecule has 10 nitrogen and oxygen atoms in total. The van der Waals surface area contributed by atoms with Crippen molar-refractivity contribution in [3.05, 3.63) is 53.6 Å². The molecule has 0 aliphatic heterocycles. The number of anilines is 2. The fourth-order valence-electron chi connectivity index (χ4n) is 3.80. The molecule has 1 heterocycles. The molecule has 200 valence electrons. The molecule has 3 atom stereocenters. The van der Waals surface area contributed by atoms with Crippen LogP contribution in [0.3, 0.4) is 0 Å². The Balaban J connectivity index is 2.50. The number of nitrogens with zero attached hydrogens (tertiary/aromatic N) is 3. The summed E-state index contributed by atoms with van der Waals surface area (Å²) in [6.07, 6.45) is 0.474. The van der Waals surface area contributed by atoms with Crippen molar-refractivity contribution in [2.24, 2.45) is 0 Å². The number of sulfonamides is 1. The third-order valence-corrected chi connectivity index (χ3v) is 6.49. The molecule has 0 bridgehead atoms. The van der Waals surface area contributed by atoms with Crippen molar-refractivity contribution in [2.75, 3.05) is 41.7 Å². The van der Waals surface area contributed by atoms with E-state index in [-0.39, 0.29) is 43.4 Å². The number of hydrogen-bond acceptors (Lipinski definition) is 8. The van der Waals surface area contributed by atoms with Crippen LogP contribution in [0, 0.1) is 0 Å². The molecule has 0 fully saturated rings. The van der Waals surface area contributed by atoms with Gasteiger partial charge in [-0.1, -0.05) is 37.3 Å². The van der Waals surface area contributed by atoms with Gasteiger partial charge in [-0.3, -0.25) is 9.10 Å². The highest BCUT2D eigenvalue weighted by Crippen LogP contribution is 2.24. The van der Waals surface area contributed by atoms with Crippen molar-refractivity contribution in [3.8, 4) is 0 Å². The van der Waals surface area contributed by atoms with E-state index in [9.17, 15) is 28.5 Å². The smallest absolute Gasteiger partial charge is 0.251 e. The van der Waals surface area contributed by atoms with Gasteiger partial charge >= 0.3 is 0 Å². The third-order valence-electron chi connectivity index (χ3n) is 5.32. The Morgan fingerprint density at radius 3 is 2.14 bits per heavy atom. The number of amides is 1. The van der Waals surface area contributed by atoms with E-state index in [0.717, 1.165) is 16.1 Å². The molecule has 36 heavy (non-hydrogen) atoms. The summed E-state index contributed by atoms with van der Waals surface area (Å²) in [6.45, 7) is 5.11. The van der Waals surface area contributed by atoms with Gasteiger partial charge in [0.25, 0.3) is 5.91 Å². The quantitative estimate of drug-likeness (QED) is 0.289. The number of nitrogens with one attached hydrogen (secondary N) is 1. The third kappa shape index (κ3) is 9.05. The van der Waals surface area contributed by atoms with Gasteiger partial charge in [-0.15, -0.1) is 0 Å². The second-order valence-electron chi connectivity index (χ2n) is 9.05. The summed E-state index contributed by atoms with van der Waals surface area (Å²) in [7, 11) is -3.70. The molecule has 2 aromatic rings. The lowest BCUT2D eigenvalue weighted by molar-refractivity contribution is 0.0916. The highest BCUT2D eigenvalue weighted by atomic mass is 32.2. The van der Waals surface area contributed by atoms with Crippen LogP contribution < -0.4 is 14.5 Å². The molecule has 2 unspecified atom stereocenters. The van der Waals surface area contributed by atoms with Gasteiger partial charge in [0.05, 0.1) is 31.1 Å². The fraction of sp³-hybridized carbons (Fsp3) is 0.520. The minimum atomic E-state index is -3.70. The zero-order chi connectivity index (χ0) is 26.9. The van der Waals surface area contributed by atoms with Crippen molar-refractivity contribution < 1.29 is 28.5 Å². The summed E-state index contributed by atoms with van der Waals surface area (Å²) in [4.78, 5) is 19.4. The SMILES string of the molecule is CCCN(c1cc(C(=O)N[C@H](CO)Cc2ccccc2)cc(N(CC(C)O)CC(C)O)n1)S(C)(=O)=O. The van der Waals surface area contributed by atoms with Gasteiger partial charge in [-0.05, 0) is 44.4 Å². The molecular weight excluding hydrogens is 484 g/mol. The van der Waals surface area contributed by atoms with Crippen molar-refractivity contribution in [1.82, 2.24) is 10.3 Å². The summed E-state index contributed by atoms with van der Waals surface area (Å²) >= 11 is 0. The number of benzene rings is 1.